The van der Waals surface area contributed by atoms with E-state index >= 15 is 0 Å². The smallest absolute Gasteiger partial charge is 0.409 e. The quantitative estimate of drug-likeness (QED) is 0.272. The van der Waals surface area contributed by atoms with Crippen molar-refractivity contribution in [1.29, 1.82) is 0 Å². The Bertz CT molecular complexity index is 1670. The molecule has 2 N–H and O–H groups in total. The van der Waals surface area contributed by atoms with Crippen LogP contribution in [0.25, 0.3) is 5.69 Å². The maximum absolute atomic E-state index is 13.9. The Kier molecular flexibility index (Phi) is 13.6. The minimum Gasteiger partial charge on any atom is -0.467 e. The lowest BCUT2D eigenvalue weighted by Gasteiger charge is -2.36. The Hall–Kier alpha value is -5.15. The van der Waals surface area contributed by atoms with Crippen molar-refractivity contribution in [3.8, 4) is 11.6 Å². The Morgan fingerprint density at radius 1 is 0.855 bits per heavy atom. The van der Waals surface area contributed by atoms with Crippen molar-refractivity contribution in [1.82, 2.24) is 35.1 Å². The number of hydrogen-bond acceptors (Lipinski definition) is 10. The maximum Gasteiger partial charge on any atom is 0.409 e. The molecule has 0 spiro atoms. The van der Waals surface area contributed by atoms with E-state index in [2.05, 4.69) is 15.7 Å². The number of aromatic nitrogens is 2. The van der Waals surface area contributed by atoms with Gasteiger partial charge >= 0.3 is 12.1 Å². The molecule has 4 aliphatic rings. The summed E-state index contributed by atoms with van der Waals surface area (Å²) in [4.78, 5) is 84.0. The third kappa shape index (κ3) is 10.3. The van der Waals surface area contributed by atoms with Crippen LogP contribution in [0.15, 0.2) is 36.4 Å². The molecule has 55 heavy (non-hydrogen) atoms. The molecule has 4 fully saturated rings. The average Bonchev–Trinajstić information content (AvgIpc) is 3.86. The van der Waals surface area contributed by atoms with Crippen molar-refractivity contribution in [3.63, 3.8) is 0 Å². The average molecular weight is 764 g/mol. The van der Waals surface area contributed by atoms with Crippen molar-refractivity contribution in [2.75, 3.05) is 45.9 Å². The lowest BCUT2D eigenvalue weighted by molar-refractivity contribution is -0.151. The van der Waals surface area contributed by atoms with Crippen molar-refractivity contribution in [2.45, 2.75) is 108 Å². The van der Waals surface area contributed by atoms with Gasteiger partial charge in [-0.15, -0.1) is 0 Å². The fourth-order valence-corrected chi connectivity index (χ4v) is 7.46. The highest BCUT2D eigenvalue weighted by Crippen LogP contribution is 2.25. The summed E-state index contributed by atoms with van der Waals surface area (Å²) in [6.45, 7) is 3.01. The van der Waals surface area contributed by atoms with Crippen LogP contribution in [0.3, 0.4) is 0 Å². The fraction of sp³-hybridized carbons (Fsp3) is 0.615. The van der Waals surface area contributed by atoms with Crippen LogP contribution in [0, 0.1) is 0 Å². The number of carbonyl (C=O) groups excluding carboxylic acids is 6. The SMILES string of the molecule is CCOC(=O)N1CCN(C(=O)C(CCC(=O)OC2CCCCC2)NC(=O)c2cc(OCC(=O)N3CCCC3C(=O)NC3CCC3)n(-c3ccccc3)n2)CC1. The van der Waals surface area contributed by atoms with Crippen LogP contribution in [-0.2, 0) is 28.7 Å². The van der Waals surface area contributed by atoms with E-state index in [4.69, 9.17) is 14.2 Å². The number of esters is 1. The maximum atomic E-state index is 13.9. The van der Waals surface area contributed by atoms with Crippen LogP contribution in [0.1, 0.15) is 94.5 Å². The molecule has 2 saturated heterocycles. The Balaban J connectivity index is 1.14. The van der Waals surface area contributed by atoms with Gasteiger partial charge in [0.25, 0.3) is 11.8 Å². The molecule has 2 unspecified atom stereocenters. The fourth-order valence-electron chi connectivity index (χ4n) is 7.46. The molecule has 1 aromatic heterocycles. The van der Waals surface area contributed by atoms with E-state index in [9.17, 15) is 28.8 Å². The molecule has 2 atom stereocenters. The van der Waals surface area contributed by atoms with Gasteiger partial charge in [-0.25, -0.2) is 9.48 Å². The molecule has 298 valence electrons. The third-order valence-corrected chi connectivity index (χ3v) is 10.8. The monoisotopic (exact) mass is 763 g/mol. The minimum atomic E-state index is -1.09. The molecule has 2 aliphatic heterocycles. The lowest BCUT2D eigenvalue weighted by atomic mass is 9.93. The summed E-state index contributed by atoms with van der Waals surface area (Å²) in [5, 5.41) is 10.3. The minimum absolute atomic E-state index is 0.00318. The van der Waals surface area contributed by atoms with Gasteiger partial charge in [0.15, 0.2) is 12.3 Å². The highest BCUT2D eigenvalue weighted by molar-refractivity contribution is 5.96. The summed E-state index contributed by atoms with van der Waals surface area (Å²) in [6, 6.07) is 8.87. The molecule has 2 aromatic rings. The van der Waals surface area contributed by atoms with Gasteiger partial charge < -0.3 is 39.5 Å². The second-order valence-corrected chi connectivity index (χ2v) is 14.6. The van der Waals surface area contributed by atoms with Crippen LogP contribution in [0.5, 0.6) is 5.88 Å². The molecule has 16 nitrogen and oxygen atoms in total. The van der Waals surface area contributed by atoms with Gasteiger partial charge in [0.05, 0.1) is 12.3 Å². The van der Waals surface area contributed by atoms with Crippen molar-refractivity contribution in [3.05, 3.63) is 42.1 Å². The zero-order chi connectivity index (χ0) is 38.7. The van der Waals surface area contributed by atoms with E-state index < -0.39 is 36.0 Å². The van der Waals surface area contributed by atoms with Gasteiger partial charge in [-0.05, 0) is 83.3 Å². The Morgan fingerprint density at radius 3 is 2.27 bits per heavy atom. The predicted octanol–water partition coefficient (Wildman–Crippen LogP) is 2.97. The third-order valence-electron chi connectivity index (χ3n) is 10.8. The first-order valence-electron chi connectivity index (χ1n) is 19.8. The molecule has 6 rings (SSSR count). The molecular formula is C39H53N7O9. The number of nitrogens with zero attached hydrogens (tertiary/aromatic N) is 5. The Morgan fingerprint density at radius 2 is 1.58 bits per heavy atom. The molecule has 0 radical (unpaired) electrons. The lowest BCUT2D eigenvalue weighted by Crippen LogP contribution is -2.56. The number of nitrogens with one attached hydrogen (secondary N) is 2. The molecule has 16 heteroatoms. The number of likely N-dealkylation sites (tertiary alicyclic amines) is 1. The first-order valence-corrected chi connectivity index (χ1v) is 19.8. The number of rotatable bonds is 14. The van der Waals surface area contributed by atoms with Crippen molar-refractivity contribution >= 4 is 35.7 Å². The summed E-state index contributed by atoms with van der Waals surface area (Å²) in [6.07, 6.45) is 8.32. The second-order valence-electron chi connectivity index (χ2n) is 14.6. The van der Waals surface area contributed by atoms with E-state index in [0.717, 1.165) is 51.4 Å². The highest BCUT2D eigenvalue weighted by atomic mass is 16.6. The number of amides is 5. The number of para-hydroxylation sites is 1. The van der Waals surface area contributed by atoms with Crippen molar-refractivity contribution < 1.29 is 43.0 Å². The zero-order valence-electron chi connectivity index (χ0n) is 31.6. The van der Waals surface area contributed by atoms with E-state index in [1.54, 1.807) is 41.0 Å². The van der Waals surface area contributed by atoms with E-state index in [1.165, 1.54) is 15.6 Å². The largest absolute Gasteiger partial charge is 0.467 e. The van der Waals surface area contributed by atoms with E-state index in [1.807, 2.05) is 6.07 Å². The number of hydrogen-bond donors (Lipinski definition) is 2. The molecule has 5 amide bonds. The summed E-state index contributed by atoms with van der Waals surface area (Å²) < 4.78 is 18.2. The van der Waals surface area contributed by atoms with E-state index in [-0.39, 0.29) is 87.8 Å². The molecule has 2 saturated carbocycles. The van der Waals surface area contributed by atoms with Crippen LogP contribution in [0.2, 0.25) is 0 Å². The molecule has 3 heterocycles. The first kappa shape index (κ1) is 39.5. The number of carbonyl (C=O) groups is 6. The van der Waals surface area contributed by atoms with Crippen LogP contribution in [-0.4, -0.2) is 130 Å². The summed E-state index contributed by atoms with van der Waals surface area (Å²) in [5.74, 6) is -1.88. The van der Waals surface area contributed by atoms with Gasteiger partial charge in [-0.3, -0.25) is 24.0 Å². The Labute approximate surface area is 321 Å². The summed E-state index contributed by atoms with van der Waals surface area (Å²) >= 11 is 0. The van der Waals surface area contributed by atoms with Gasteiger partial charge in [0.2, 0.25) is 17.7 Å². The summed E-state index contributed by atoms with van der Waals surface area (Å²) in [7, 11) is 0. The molecule has 2 aliphatic carbocycles. The van der Waals surface area contributed by atoms with Crippen LogP contribution >= 0.6 is 0 Å². The number of ether oxygens (including phenoxy) is 3. The highest BCUT2D eigenvalue weighted by Gasteiger charge is 2.36. The number of piperazine rings is 1. The van der Waals surface area contributed by atoms with Gasteiger partial charge in [0, 0.05) is 51.3 Å². The molecule has 1 aromatic carbocycles. The first-order chi connectivity index (χ1) is 26.7. The van der Waals surface area contributed by atoms with E-state index in [0.29, 0.717) is 25.1 Å². The van der Waals surface area contributed by atoms with Gasteiger partial charge in [0.1, 0.15) is 18.2 Å². The number of benzene rings is 1. The van der Waals surface area contributed by atoms with Crippen LogP contribution in [0.4, 0.5) is 4.79 Å². The predicted molar refractivity (Wildman–Crippen MR) is 198 cm³/mol. The standard InChI is InChI=1S/C39H53N7O9/c1-2-53-39(52)44-23-21-43(22-24-44)38(51)30(18-19-35(48)55-29-15-7-4-8-16-29)41-36(49)31-25-34(46(42-31)28-13-5-3-6-14-28)54-26-33(47)45-20-10-17-32(45)37(50)40-27-11-9-12-27/h3,5-6,13-14,25,27,29-30,32H,2,4,7-12,15-24,26H2,1H3,(H,40,50)(H,41,49). The normalized spacial score (nSPS) is 19.6. The molecular weight excluding hydrogens is 710 g/mol. The zero-order valence-corrected chi connectivity index (χ0v) is 31.6. The van der Waals surface area contributed by atoms with Crippen LogP contribution < -0.4 is 15.4 Å². The summed E-state index contributed by atoms with van der Waals surface area (Å²) in [5.41, 5.74) is 0.500. The van der Waals surface area contributed by atoms with Gasteiger partial charge in [-0.1, -0.05) is 24.6 Å². The topological polar surface area (TPSA) is 182 Å². The second kappa shape index (κ2) is 18.9. The molecule has 0 bridgehead atoms. The van der Waals surface area contributed by atoms with Crippen molar-refractivity contribution in [2.24, 2.45) is 0 Å². The van der Waals surface area contributed by atoms with Gasteiger partial charge in [-0.2, -0.15) is 5.10 Å².